The highest BCUT2D eigenvalue weighted by atomic mass is 32.1. The van der Waals surface area contributed by atoms with Crippen LogP contribution in [0.2, 0.25) is 0 Å². The Kier molecular flexibility index (Phi) is 4.24. The van der Waals surface area contributed by atoms with E-state index in [4.69, 9.17) is 0 Å². The van der Waals surface area contributed by atoms with Gasteiger partial charge in [-0.15, -0.1) is 10.2 Å². The topological polar surface area (TPSA) is 63.9 Å². The Labute approximate surface area is 151 Å². The zero-order valence-electron chi connectivity index (χ0n) is 15.1. The SMILES string of the molecule is CC(C)(C)c1ccc(=O)n(CC2CN(Cc3nnc(C4CC4)s3)C2)n1. The maximum absolute atomic E-state index is 12.1. The molecule has 2 aromatic heterocycles. The van der Waals surface area contributed by atoms with Crippen LogP contribution >= 0.6 is 11.3 Å². The smallest absolute Gasteiger partial charge is 0.266 e. The van der Waals surface area contributed by atoms with Crippen LogP contribution in [0.3, 0.4) is 0 Å². The highest BCUT2D eigenvalue weighted by Gasteiger charge is 2.31. The van der Waals surface area contributed by atoms with E-state index in [2.05, 4.69) is 41.0 Å². The van der Waals surface area contributed by atoms with Crippen LogP contribution in [0.1, 0.15) is 55.2 Å². The molecule has 2 fully saturated rings. The number of hydrogen-bond donors (Lipinski definition) is 0. The van der Waals surface area contributed by atoms with E-state index in [1.165, 1.54) is 17.8 Å². The van der Waals surface area contributed by atoms with E-state index in [0.29, 0.717) is 18.4 Å². The molecule has 0 amide bonds. The van der Waals surface area contributed by atoms with Gasteiger partial charge in [0.1, 0.15) is 10.0 Å². The largest absolute Gasteiger partial charge is 0.296 e. The van der Waals surface area contributed by atoms with Crippen LogP contribution < -0.4 is 5.56 Å². The lowest BCUT2D eigenvalue weighted by atomic mass is 9.92. The lowest BCUT2D eigenvalue weighted by molar-refractivity contribution is 0.0761. The highest BCUT2D eigenvalue weighted by Crippen LogP contribution is 2.41. The average Bonchev–Trinajstić information content (AvgIpc) is 3.25. The van der Waals surface area contributed by atoms with Crippen LogP contribution in [0.5, 0.6) is 0 Å². The standard InChI is InChI=1S/C18H25N5OS/c1-18(2,3)14-6-7-16(24)23(21-14)10-12-8-22(9-12)11-15-19-20-17(25-15)13-4-5-13/h6-7,12-13H,4-5,8-11H2,1-3H3. The van der Waals surface area contributed by atoms with Gasteiger partial charge in [0, 0.05) is 36.4 Å². The van der Waals surface area contributed by atoms with Gasteiger partial charge in [0.05, 0.1) is 18.8 Å². The first-order valence-corrected chi connectivity index (χ1v) is 9.83. The van der Waals surface area contributed by atoms with Crippen molar-refractivity contribution in [3.05, 3.63) is 38.2 Å². The first-order valence-electron chi connectivity index (χ1n) is 9.02. The molecule has 0 spiro atoms. The molecule has 4 rings (SSSR count). The summed E-state index contributed by atoms with van der Waals surface area (Å²) in [6.45, 7) is 9.92. The van der Waals surface area contributed by atoms with Gasteiger partial charge in [-0.05, 0) is 18.9 Å². The fraction of sp³-hybridized carbons (Fsp3) is 0.667. The van der Waals surface area contributed by atoms with Gasteiger partial charge in [-0.2, -0.15) is 5.10 Å². The number of hydrogen-bond acceptors (Lipinski definition) is 6. The zero-order valence-corrected chi connectivity index (χ0v) is 15.9. The highest BCUT2D eigenvalue weighted by molar-refractivity contribution is 7.11. The molecular weight excluding hydrogens is 334 g/mol. The second-order valence-corrected chi connectivity index (χ2v) is 9.45. The molecule has 0 bridgehead atoms. The minimum Gasteiger partial charge on any atom is -0.296 e. The molecule has 0 N–H and O–H groups in total. The van der Waals surface area contributed by atoms with Crippen molar-refractivity contribution in [2.24, 2.45) is 5.92 Å². The number of rotatable bonds is 5. The van der Waals surface area contributed by atoms with Gasteiger partial charge in [0.15, 0.2) is 0 Å². The second kappa shape index (κ2) is 6.29. The molecule has 7 heteroatoms. The Morgan fingerprint density at radius 3 is 2.64 bits per heavy atom. The molecule has 0 radical (unpaired) electrons. The normalized spacial score (nSPS) is 19.2. The van der Waals surface area contributed by atoms with Gasteiger partial charge in [-0.3, -0.25) is 9.69 Å². The summed E-state index contributed by atoms with van der Waals surface area (Å²) < 4.78 is 1.64. The van der Waals surface area contributed by atoms with Gasteiger partial charge in [-0.25, -0.2) is 4.68 Å². The van der Waals surface area contributed by atoms with Crippen LogP contribution in [-0.4, -0.2) is 38.0 Å². The van der Waals surface area contributed by atoms with Crippen molar-refractivity contribution in [2.75, 3.05) is 13.1 Å². The predicted octanol–water partition coefficient (Wildman–Crippen LogP) is 2.40. The molecule has 134 valence electrons. The van der Waals surface area contributed by atoms with Crippen molar-refractivity contribution in [1.82, 2.24) is 24.9 Å². The maximum Gasteiger partial charge on any atom is 0.266 e. The third-order valence-corrected chi connectivity index (χ3v) is 5.94. The molecule has 1 saturated heterocycles. The molecule has 25 heavy (non-hydrogen) atoms. The molecule has 1 aliphatic heterocycles. The number of likely N-dealkylation sites (tertiary alicyclic amines) is 1. The van der Waals surface area contributed by atoms with E-state index < -0.39 is 0 Å². The molecule has 6 nitrogen and oxygen atoms in total. The Hall–Kier alpha value is -1.60. The average molecular weight is 359 g/mol. The van der Waals surface area contributed by atoms with Crippen molar-refractivity contribution >= 4 is 11.3 Å². The van der Waals surface area contributed by atoms with Crippen LogP contribution in [0.25, 0.3) is 0 Å². The minimum atomic E-state index is -0.0434. The van der Waals surface area contributed by atoms with Gasteiger partial charge < -0.3 is 0 Å². The van der Waals surface area contributed by atoms with Crippen molar-refractivity contribution in [2.45, 2.75) is 58.0 Å². The van der Waals surface area contributed by atoms with E-state index in [9.17, 15) is 4.79 Å². The first kappa shape index (κ1) is 16.8. The molecule has 0 atom stereocenters. The van der Waals surface area contributed by atoms with Crippen LogP contribution in [0, 0.1) is 5.92 Å². The summed E-state index contributed by atoms with van der Waals surface area (Å²) in [5, 5.41) is 15.5. The molecule has 1 aliphatic carbocycles. The summed E-state index contributed by atoms with van der Waals surface area (Å²) in [4.78, 5) is 14.5. The molecule has 2 aromatic rings. The van der Waals surface area contributed by atoms with Crippen LogP contribution in [0.4, 0.5) is 0 Å². The fourth-order valence-electron chi connectivity index (χ4n) is 3.16. The number of nitrogens with zero attached hydrogens (tertiary/aromatic N) is 5. The van der Waals surface area contributed by atoms with E-state index >= 15 is 0 Å². The van der Waals surface area contributed by atoms with E-state index in [1.807, 2.05) is 6.07 Å². The van der Waals surface area contributed by atoms with Gasteiger partial charge in [0.25, 0.3) is 5.56 Å². The van der Waals surface area contributed by atoms with Gasteiger partial charge in [0.2, 0.25) is 0 Å². The fourth-order valence-corrected chi connectivity index (χ4v) is 4.22. The molecule has 0 aromatic carbocycles. The molecule has 1 saturated carbocycles. The van der Waals surface area contributed by atoms with E-state index in [0.717, 1.165) is 30.3 Å². The van der Waals surface area contributed by atoms with Crippen molar-refractivity contribution in [3.63, 3.8) is 0 Å². The summed E-state index contributed by atoms with van der Waals surface area (Å²) >= 11 is 1.76. The Bertz CT molecular complexity index is 811. The molecule has 3 heterocycles. The lowest BCUT2D eigenvalue weighted by Gasteiger charge is -2.38. The lowest BCUT2D eigenvalue weighted by Crippen LogP contribution is -2.49. The van der Waals surface area contributed by atoms with Crippen LogP contribution in [-0.2, 0) is 18.5 Å². The van der Waals surface area contributed by atoms with Gasteiger partial charge >= 0.3 is 0 Å². The number of aromatic nitrogens is 4. The Balaban J connectivity index is 1.32. The third kappa shape index (κ3) is 3.82. The van der Waals surface area contributed by atoms with Crippen molar-refractivity contribution in [1.29, 1.82) is 0 Å². The first-order chi connectivity index (χ1) is 11.9. The predicted molar refractivity (Wildman–Crippen MR) is 97.8 cm³/mol. The summed E-state index contributed by atoms with van der Waals surface area (Å²) in [5.41, 5.74) is 0.910. The third-order valence-electron chi connectivity index (χ3n) is 4.87. The second-order valence-electron chi connectivity index (χ2n) is 8.36. The van der Waals surface area contributed by atoms with E-state index in [1.54, 1.807) is 22.1 Å². The minimum absolute atomic E-state index is 0.00958. The van der Waals surface area contributed by atoms with Crippen molar-refractivity contribution < 1.29 is 0 Å². The maximum atomic E-state index is 12.1. The van der Waals surface area contributed by atoms with E-state index in [-0.39, 0.29) is 11.0 Å². The van der Waals surface area contributed by atoms with Gasteiger partial charge in [-0.1, -0.05) is 32.1 Å². The quantitative estimate of drug-likeness (QED) is 0.820. The summed E-state index contributed by atoms with van der Waals surface area (Å²) in [6, 6.07) is 3.49. The summed E-state index contributed by atoms with van der Waals surface area (Å²) in [5.74, 6) is 1.17. The Morgan fingerprint density at radius 1 is 1.20 bits per heavy atom. The zero-order chi connectivity index (χ0) is 17.6. The van der Waals surface area contributed by atoms with Crippen molar-refractivity contribution in [3.8, 4) is 0 Å². The molecular formula is C18H25N5OS. The monoisotopic (exact) mass is 359 g/mol. The molecule has 2 aliphatic rings. The van der Waals surface area contributed by atoms with Crippen LogP contribution in [0.15, 0.2) is 16.9 Å². The summed E-state index contributed by atoms with van der Waals surface area (Å²) in [6.07, 6.45) is 2.55. The molecule has 0 unspecified atom stereocenters. The summed E-state index contributed by atoms with van der Waals surface area (Å²) in [7, 11) is 0. The Morgan fingerprint density at radius 2 is 1.96 bits per heavy atom.